The summed E-state index contributed by atoms with van der Waals surface area (Å²) in [5.41, 5.74) is 0.142. The molecule has 1 aromatic carbocycles. The lowest BCUT2D eigenvalue weighted by Gasteiger charge is -2.35. The summed E-state index contributed by atoms with van der Waals surface area (Å²) in [6, 6.07) is 6.87. The summed E-state index contributed by atoms with van der Waals surface area (Å²) >= 11 is 5.99. The summed E-state index contributed by atoms with van der Waals surface area (Å²) in [5.74, 6) is -0.162. The van der Waals surface area contributed by atoms with Crippen LogP contribution in [0.2, 0.25) is 5.02 Å². The molecule has 0 aromatic heterocycles. The summed E-state index contributed by atoms with van der Waals surface area (Å²) in [7, 11) is -3.49. The molecule has 0 radical (unpaired) electrons. The van der Waals surface area contributed by atoms with E-state index in [4.69, 9.17) is 16.3 Å². The number of ether oxygens (including phenoxy) is 1. The van der Waals surface area contributed by atoms with E-state index >= 15 is 0 Å². The number of aliphatic hydroxyl groups excluding tert-OH is 1. The number of sulfonamides is 1. The van der Waals surface area contributed by atoms with Gasteiger partial charge in [-0.3, -0.25) is 0 Å². The van der Waals surface area contributed by atoms with Crippen molar-refractivity contribution in [3.63, 3.8) is 0 Å². The van der Waals surface area contributed by atoms with Crippen LogP contribution < -0.4 is 4.72 Å². The van der Waals surface area contributed by atoms with Gasteiger partial charge >= 0.3 is 0 Å². The van der Waals surface area contributed by atoms with Gasteiger partial charge in [0.15, 0.2) is 0 Å². The average Bonchev–Trinajstić information content (AvgIpc) is 2.49. The largest absolute Gasteiger partial charge is 0.396 e. The SMILES string of the molecule is O=S(=O)(Cc1ccccc1Cl)NCC1(CO)CCOCC1. The fourth-order valence-electron chi connectivity index (χ4n) is 2.33. The number of nitrogens with one attached hydrogen (secondary N) is 1. The van der Waals surface area contributed by atoms with Gasteiger partial charge in [0.25, 0.3) is 0 Å². The molecule has 0 aliphatic carbocycles. The van der Waals surface area contributed by atoms with Crippen molar-refractivity contribution in [2.75, 3.05) is 26.4 Å². The van der Waals surface area contributed by atoms with Gasteiger partial charge in [-0.1, -0.05) is 29.8 Å². The predicted octanol–water partition coefficient (Wildman–Crippen LogP) is 1.55. The first-order valence-electron chi connectivity index (χ1n) is 6.86. The van der Waals surface area contributed by atoms with Crippen molar-refractivity contribution in [2.24, 2.45) is 5.41 Å². The van der Waals surface area contributed by atoms with E-state index in [0.717, 1.165) is 0 Å². The molecule has 5 nitrogen and oxygen atoms in total. The molecule has 1 saturated heterocycles. The van der Waals surface area contributed by atoms with E-state index in [1.165, 1.54) is 0 Å². The van der Waals surface area contributed by atoms with Gasteiger partial charge < -0.3 is 9.84 Å². The second-order valence-electron chi connectivity index (χ2n) is 5.44. The van der Waals surface area contributed by atoms with Crippen molar-refractivity contribution in [2.45, 2.75) is 18.6 Å². The Bertz CT molecular complexity index is 570. The Kier molecular flexibility index (Phi) is 5.62. The fourth-order valence-corrected chi connectivity index (χ4v) is 3.90. The van der Waals surface area contributed by atoms with E-state index < -0.39 is 15.4 Å². The molecule has 2 N–H and O–H groups in total. The summed E-state index contributed by atoms with van der Waals surface area (Å²) in [6.45, 7) is 1.27. The average molecular weight is 334 g/mol. The first-order valence-corrected chi connectivity index (χ1v) is 8.89. The molecule has 2 rings (SSSR count). The molecule has 1 heterocycles. The summed E-state index contributed by atoms with van der Waals surface area (Å²) < 4.78 is 32.2. The second kappa shape index (κ2) is 7.07. The summed E-state index contributed by atoms with van der Waals surface area (Å²) in [6.07, 6.45) is 1.30. The van der Waals surface area contributed by atoms with E-state index in [2.05, 4.69) is 4.72 Å². The molecule has 21 heavy (non-hydrogen) atoms. The van der Waals surface area contributed by atoms with Crippen LogP contribution in [0.5, 0.6) is 0 Å². The summed E-state index contributed by atoms with van der Waals surface area (Å²) in [5, 5.41) is 10.00. The van der Waals surface area contributed by atoms with Gasteiger partial charge in [-0.2, -0.15) is 0 Å². The maximum absolute atomic E-state index is 12.2. The number of aliphatic hydroxyl groups is 1. The molecular weight excluding hydrogens is 314 g/mol. The quantitative estimate of drug-likeness (QED) is 0.828. The number of halogens is 1. The molecule has 0 bridgehead atoms. The minimum absolute atomic E-state index is 0.0506. The van der Waals surface area contributed by atoms with Crippen molar-refractivity contribution in [1.82, 2.24) is 4.72 Å². The van der Waals surface area contributed by atoms with Crippen LogP contribution >= 0.6 is 11.6 Å². The molecule has 0 atom stereocenters. The first kappa shape index (κ1) is 16.7. The lowest BCUT2D eigenvalue weighted by Crippen LogP contribution is -2.44. The van der Waals surface area contributed by atoms with Gasteiger partial charge in [0.05, 0.1) is 12.4 Å². The maximum Gasteiger partial charge on any atom is 0.215 e. The van der Waals surface area contributed by atoms with Crippen LogP contribution in [0.3, 0.4) is 0 Å². The molecule has 1 aliphatic rings. The highest BCUT2D eigenvalue weighted by Gasteiger charge is 2.33. The summed E-state index contributed by atoms with van der Waals surface area (Å²) in [4.78, 5) is 0. The van der Waals surface area contributed by atoms with Crippen LogP contribution in [-0.4, -0.2) is 39.9 Å². The topological polar surface area (TPSA) is 75.6 Å². The normalized spacial score (nSPS) is 18.6. The van der Waals surface area contributed by atoms with Gasteiger partial charge in [-0.05, 0) is 24.5 Å². The zero-order valence-electron chi connectivity index (χ0n) is 11.7. The Hall–Kier alpha value is -0.660. The van der Waals surface area contributed by atoms with Crippen LogP contribution in [0.15, 0.2) is 24.3 Å². The molecule has 1 aromatic rings. The first-order chi connectivity index (χ1) is 9.96. The Morgan fingerprint density at radius 1 is 1.29 bits per heavy atom. The van der Waals surface area contributed by atoms with Crippen LogP contribution in [0.1, 0.15) is 18.4 Å². The second-order valence-corrected chi connectivity index (χ2v) is 7.66. The van der Waals surface area contributed by atoms with Crippen molar-refractivity contribution >= 4 is 21.6 Å². The molecular formula is C14H20ClNO4S. The van der Waals surface area contributed by atoms with Crippen LogP contribution in [-0.2, 0) is 20.5 Å². The Labute approximate surface area is 130 Å². The van der Waals surface area contributed by atoms with E-state index in [1.807, 2.05) is 0 Å². The lowest BCUT2D eigenvalue weighted by molar-refractivity contribution is -0.0126. The zero-order valence-corrected chi connectivity index (χ0v) is 13.3. The molecule has 1 fully saturated rings. The molecule has 0 unspecified atom stereocenters. The maximum atomic E-state index is 12.2. The smallest absolute Gasteiger partial charge is 0.215 e. The Morgan fingerprint density at radius 3 is 2.57 bits per heavy atom. The third kappa shape index (κ3) is 4.66. The number of hydrogen-bond acceptors (Lipinski definition) is 4. The number of hydrogen-bond donors (Lipinski definition) is 2. The van der Waals surface area contributed by atoms with Crippen molar-refractivity contribution in [3.05, 3.63) is 34.9 Å². The third-order valence-electron chi connectivity index (χ3n) is 3.86. The number of rotatable bonds is 6. The Balaban J connectivity index is 1.99. The van der Waals surface area contributed by atoms with Crippen LogP contribution in [0.4, 0.5) is 0 Å². The van der Waals surface area contributed by atoms with E-state index in [-0.39, 0.29) is 18.9 Å². The fraction of sp³-hybridized carbons (Fsp3) is 0.571. The highest BCUT2D eigenvalue weighted by atomic mass is 35.5. The monoisotopic (exact) mass is 333 g/mol. The van der Waals surface area contributed by atoms with Gasteiger partial charge in [0.1, 0.15) is 0 Å². The minimum atomic E-state index is -3.49. The van der Waals surface area contributed by atoms with Gasteiger partial charge in [0, 0.05) is 30.2 Å². The third-order valence-corrected chi connectivity index (χ3v) is 5.50. The van der Waals surface area contributed by atoms with Gasteiger partial charge in [-0.15, -0.1) is 0 Å². The highest BCUT2D eigenvalue weighted by Crippen LogP contribution is 2.29. The molecule has 0 amide bonds. The molecule has 7 heteroatoms. The van der Waals surface area contributed by atoms with Crippen LogP contribution in [0, 0.1) is 5.41 Å². The molecule has 118 valence electrons. The lowest BCUT2D eigenvalue weighted by atomic mass is 9.81. The van der Waals surface area contributed by atoms with Crippen LogP contribution in [0.25, 0.3) is 0 Å². The van der Waals surface area contributed by atoms with E-state index in [1.54, 1.807) is 24.3 Å². The van der Waals surface area contributed by atoms with Crippen molar-refractivity contribution < 1.29 is 18.3 Å². The Morgan fingerprint density at radius 2 is 1.95 bits per heavy atom. The molecule has 0 saturated carbocycles. The van der Waals surface area contributed by atoms with E-state index in [9.17, 15) is 13.5 Å². The predicted molar refractivity (Wildman–Crippen MR) is 81.7 cm³/mol. The molecule has 1 aliphatic heterocycles. The zero-order chi connectivity index (χ0) is 15.3. The number of benzene rings is 1. The minimum Gasteiger partial charge on any atom is -0.396 e. The standard InChI is InChI=1S/C14H20ClNO4S/c15-13-4-2-1-3-12(13)9-21(18,19)16-10-14(11-17)5-7-20-8-6-14/h1-4,16-17H,5-11H2. The van der Waals surface area contributed by atoms with Gasteiger partial charge in [0.2, 0.25) is 10.0 Å². The molecule has 0 spiro atoms. The highest BCUT2D eigenvalue weighted by molar-refractivity contribution is 7.88. The van der Waals surface area contributed by atoms with Crippen molar-refractivity contribution in [3.8, 4) is 0 Å². The van der Waals surface area contributed by atoms with E-state index in [0.29, 0.717) is 36.6 Å². The van der Waals surface area contributed by atoms with Crippen molar-refractivity contribution in [1.29, 1.82) is 0 Å². The van der Waals surface area contributed by atoms with Gasteiger partial charge in [-0.25, -0.2) is 13.1 Å².